The van der Waals surface area contributed by atoms with Gasteiger partial charge in [-0.1, -0.05) is 20.8 Å². The minimum Gasteiger partial charge on any atom is -0.494 e. The highest BCUT2D eigenvalue weighted by atomic mass is 16.5. The molecule has 0 saturated carbocycles. The first kappa shape index (κ1) is 18.8. The van der Waals surface area contributed by atoms with Gasteiger partial charge in [0.1, 0.15) is 17.5 Å². The predicted octanol–water partition coefficient (Wildman–Crippen LogP) is 2.47. The van der Waals surface area contributed by atoms with Gasteiger partial charge in [-0.3, -0.25) is 4.79 Å². The lowest BCUT2D eigenvalue weighted by molar-refractivity contribution is -0.142. The molecule has 1 amide bonds. The first-order valence-corrected chi connectivity index (χ1v) is 7.80. The van der Waals surface area contributed by atoms with Gasteiger partial charge in [0.25, 0.3) is 5.91 Å². The van der Waals surface area contributed by atoms with Crippen LogP contribution in [0.3, 0.4) is 0 Å². The Morgan fingerprint density at radius 2 is 1.70 bits per heavy atom. The van der Waals surface area contributed by atoms with Gasteiger partial charge in [-0.05, 0) is 43.0 Å². The first-order chi connectivity index (χ1) is 10.9. The summed E-state index contributed by atoms with van der Waals surface area (Å²) in [7, 11) is 0. The van der Waals surface area contributed by atoms with E-state index in [-0.39, 0.29) is 12.5 Å². The van der Waals surface area contributed by atoms with E-state index in [9.17, 15) is 9.59 Å². The van der Waals surface area contributed by atoms with E-state index in [0.29, 0.717) is 18.8 Å². The highest BCUT2D eigenvalue weighted by molar-refractivity contribution is 5.84. The number of nitrogens with one attached hydrogen (secondary N) is 1. The summed E-state index contributed by atoms with van der Waals surface area (Å²) in [5.41, 5.74) is 0. The minimum atomic E-state index is -1.04. The summed E-state index contributed by atoms with van der Waals surface area (Å²) in [4.78, 5) is 22.9. The standard InChI is InChI=1S/C17H25NO5/c1-4-9-22-13-5-7-14(8-6-13)23-11-16(19)18-15(17(20)21)10-12(2)3/h5-8,12,15H,4,9-11H2,1-3H3,(H,18,19)(H,20,21)/t15-/m1/s1. The number of hydrogen-bond acceptors (Lipinski definition) is 4. The molecule has 0 heterocycles. The van der Waals surface area contributed by atoms with Gasteiger partial charge in [-0.25, -0.2) is 4.79 Å². The highest BCUT2D eigenvalue weighted by Crippen LogP contribution is 2.17. The molecule has 2 N–H and O–H groups in total. The van der Waals surface area contributed by atoms with Crippen molar-refractivity contribution < 1.29 is 24.2 Å². The summed E-state index contributed by atoms with van der Waals surface area (Å²) in [5.74, 6) is -0.0481. The highest BCUT2D eigenvalue weighted by Gasteiger charge is 2.21. The molecule has 0 aromatic heterocycles. The van der Waals surface area contributed by atoms with E-state index < -0.39 is 17.9 Å². The lowest BCUT2D eigenvalue weighted by Gasteiger charge is -2.16. The van der Waals surface area contributed by atoms with E-state index >= 15 is 0 Å². The SMILES string of the molecule is CCCOc1ccc(OCC(=O)N[C@H](CC(C)C)C(=O)O)cc1. The quantitative estimate of drug-likeness (QED) is 0.691. The molecule has 0 aliphatic rings. The average Bonchev–Trinajstić information content (AvgIpc) is 2.50. The van der Waals surface area contributed by atoms with E-state index in [1.165, 1.54) is 0 Å². The molecule has 0 radical (unpaired) electrons. The van der Waals surface area contributed by atoms with Crippen LogP contribution < -0.4 is 14.8 Å². The number of rotatable bonds is 10. The number of carboxylic acids is 1. The van der Waals surface area contributed by atoms with Crippen molar-refractivity contribution in [2.24, 2.45) is 5.92 Å². The molecule has 0 aliphatic carbocycles. The molecular formula is C17H25NO5. The normalized spacial score (nSPS) is 11.8. The fourth-order valence-corrected chi connectivity index (χ4v) is 1.93. The summed E-state index contributed by atoms with van der Waals surface area (Å²) in [6, 6.07) is 6.06. The van der Waals surface area contributed by atoms with Gasteiger partial charge in [0, 0.05) is 0 Å². The van der Waals surface area contributed by atoms with E-state index in [0.717, 1.165) is 12.2 Å². The smallest absolute Gasteiger partial charge is 0.326 e. The minimum absolute atomic E-state index is 0.174. The Morgan fingerprint density at radius 1 is 1.13 bits per heavy atom. The van der Waals surface area contributed by atoms with Gasteiger partial charge in [0.2, 0.25) is 0 Å². The number of aliphatic carboxylic acids is 1. The maximum absolute atomic E-state index is 11.8. The molecule has 0 bridgehead atoms. The molecule has 1 atom stereocenters. The topological polar surface area (TPSA) is 84.9 Å². The van der Waals surface area contributed by atoms with E-state index in [1.54, 1.807) is 24.3 Å². The Bertz CT molecular complexity index is 498. The molecule has 128 valence electrons. The van der Waals surface area contributed by atoms with Gasteiger partial charge >= 0.3 is 5.97 Å². The van der Waals surface area contributed by atoms with Gasteiger partial charge in [-0.15, -0.1) is 0 Å². The van der Waals surface area contributed by atoms with Crippen LogP contribution in [0.4, 0.5) is 0 Å². The van der Waals surface area contributed by atoms with Gasteiger partial charge < -0.3 is 19.9 Å². The average molecular weight is 323 g/mol. The molecule has 6 nitrogen and oxygen atoms in total. The Morgan fingerprint density at radius 3 is 2.17 bits per heavy atom. The lowest BCUT2D eigenvalue weighted by Crippen LogP contribution is -2.43. The zero-order valence-corrected chi connectivity index (χ0v) is 13.9. The number of carbonyl (C=O) groups excluding carboxylic acids is 1. The van der Waals surface area contributed by atoms with E-state index in [4.69, 9.17) is 14.6 Å². The molecule has 0 spiro atoms. The fraction of sp³-hybridized carbons (Fsp3) is 0.529. The maximum Gasteiger partial charge on any atom is 0.326 e. The van der Waals surface area contributed by atoms with Crippen LogP contribution in [-0.2, 0) is 9.59 Å². The van der Waals surface area contributed by atoms with Crippen molar-refractivity contribution in [3.63, 3.8) is 0 Å². The van der Waals surface area contributed by atoms with Crippen molar-refractivity contribution in [1.82, 2.24) is 5.32 Å². The van der Waals surface area contributed by atoms with Gasteiger partial charge in [-0.2, -0.15) is 0 Å². The molecule has 1 rings (SSSR count). The van der Waals surface area contributed by atoms with Crippen LogP contribution in [-0.4, -0.2) is 36.2 Å². The summed E-state index contributed by atoms with van der Waals surface area (Å²) < 4.78 is 10.8. The summed E-state index contributed by atoms with van der Waals surface area (Å²) in [6.45, 7) is 6.26. The molecule has 23 heavy (non-hydrogen) atoms. The van der Waals surface area contributed by atoms with Crippen LogP contribution >= 0.6 is 0 Å². The van der Waals surface area contributed by atoms with Crippen molar-refractivity contribution in [2.75, 3.05) is 13.2 Å². The van der Waals surface area contributed by atoms with Crippen LogP contribution in [0.1, 0.15) is 33.6 Å². The monoisotopic (exact) mass is 323 g/mol. The third-order valence-corrected chi connectivity index (χ3v) is 3.01. The summed E-state index contributed by atoms with van der Waals surface area (Å²) in [6.07, 6.45) is 1.31. The summed E-state index contributed by atoms with van der Waals surface area (Å²) >= 11 is 0. The molecule has 1 aromatic carbocycles. The van der Waals surface area contributed by atoms with Crippen molar-refractivity contribution in [3.8, 4) is 11.5 Å². The second-order valence-electron chi connectivity index (χ2n) is 5.70. The summed E-state index contributed by atoms with van der Waals surface area (Å²) in [5, 5.41) is 11.6. The van der Waals surface area contributed by atoms with Crippen molar-refractivity contribution in [3.05, 3.63) is 24.3 Å². The molecule has 0 fully saturated rings. The molecule has 0 unspecified atom stereocenters. The predicted molar refractivity (Wildman–Crippen MR) is 86.7 cm³/mol. The number of ether oxygens (including phenoxy) is 2. The van der Waals surface area contributed by atoms with E-state index in [2.05, 4.69) is 5.32 Å². The molecule has 6 heteroatoms. The second-order valence-corrected chi connectivity index (χ2v) is 5.70. The van der Waals surface area contributed by atoms with Crippen LogP contribution in [0.2, 0.25) is 0 Å². The van der Waals surface area contributed by atoms with Crippen LogP contribution in [0, 0.1) is 5.92 Å². The number of carbonyl (C=O) groups is 2. The van der Waals surface area contributed by atoms with Gasteiger partial charge in [0.15, 0.2) is 6.61 Å². The Balaban J connectivity index is 2.44. The number of amides is 1. The second kappa shape index (κ2) is 9.71. The van der Waals surface area contributed by atoms with Crippen LogP contribution in [0.15, 0.2) is 24.3 Å². The van der Waals surface area contributed by atoms with Crippen molar-refractivity contribution in [1.29, 1.82) is 0 Å². The number of carboxylic acid groups (broad SMARTS) is 1. The van der Waals surface area contributed by atoms with E-state index in [1.807, 2.05) is 20.8 Å². The van der Waals surface area contributed by atoms with Crippen LogP contribution in [0.25, 0.3) is 0 Å². The van der Waals surface area contributed by atoms with Crippen molar-refractivity contribution >= 4 is 11.9 Å². The Labute approximate surface area is 136 Å². The zero-order chi connectivity index (χ0) is 17.2. The third-order valence-electron chi connectivity index (χ3n) is 3.01. The Hall–Kier alpha value is -2.24. The largest absolute Gasteiger partial charge is 0.494 e. The van der Waals surface area contributed by atoms with Gasteiger partial charge in [0.05, 0.1) is 6.61 Å². The molecule has 1 aromatic rings. The van der Waals surface area contributed by atoms with Crippen molar-refractivity contribution in [2.45, 2.75) is 39.7 Å². The first-order valence-electron chi connectivity index (χ1n) is 7.80. The molecule has 0 aliphatic heterocycles. The maximum atomic E-state index is 11.8. The van der Waals surface area contributed by atoms with Crippen LogP contribution in [0.5, 0.6) is 11.5 Å². The third kappa shape index (κ3) is 7.54. The fourth-order valence-electron chi connectivity index (χ4n) is 1.93. The lowest BCUT2D eigenvalue weighted by atomic mass is 10.0. The number of benzene rings is 1. The molecular weight excluding hydrogens is 298 g/mol. The molecule has 0 saturated heterocycles. The Kier molecular flexibility index (Phi) is 7.94. The zero-order valence-electron chi connectivity index (χ0n) is 13.9. The number of hydrogen-bond donors (Lipinski definition) is 2.